The molecule has 0 bridgehead atoms. The molecule has 1 amide bonds. The summed E-state index contributed by atoms with van der Waals surface area (Å²) in [5.41, 5.74) is 2.06. The fraction of sp³-hybridized carbons (Fsp3) is 0.111. The van der Waals surface area contributed by atoms with Crippen LogP contribution >= 0.6 is 0 Å². The number of carbonyl (C=O) groups excluding carboxylic acids is 1. The second-order valence-corrected chi connectivity index (χ2v) is 5.01. The second kappa shape index (κ2) is 7.26. The molecular formula is C18H17N3O2. The number of hydrogen-bond acceptors (Lipinski definition) is 3. The van der Waals surface area contributed by atoms with Crippen LogP contribution in [0, 0.1) is 0 Å². The van der Waals surface area contributed by atoms with Crippen LogP contribution in [0.5, 0.6) is 5.75 Å². The van der Waals surface area contributed by atoms with E-state index in [1.165, 1.54) is 0 Å². The third-order valence-electron chi connectivity index (χ3n) is 3.34. The van der Waals surface area contributed by atoms with Crippen LogP contribution in [0.2, 0.25) is 0 Å². The van der Waals surface area contributed by atoms with Gasteiger partial charge in [0, 0.05) is 24.6 Å². The van der Waals surface area contributed by atoms with Crippen molar-refractivity contribution in [3.8, 4) is 11.4 Å². The van der Waals surface area contributed by atoms with Gasteiger partial charge < -0.3 is 14.6 Å². The molecule has 0 atom stereocenters. The lowest BCUT2D eigenvalue weighted by Crippen LogP contribution is -2.28. The molecule has 1 aromatic heterocycles. The molecule has 0 spiro atoms. The van der Waals surface area contributed by atoms with Crippen molar-refractivity contribution in [2.75, 3.05) is 6.61 Å². The summed E-state index contributed by atoms with van der Waals surface area (Å²) in [5, 5.41) is 2.84. The maximum Gasteiger partial charge on any atom is 0.258 e. The SMILES string of the molecule is O=C(COc1ccccc1)NCc1ccc(-n2ccnc2)cc1. The van der Waals surface area contributed by atoms with Crippen molar-refractivity contribution in [1.82, 2.24) is 14.9 Å². The number of aromatic nitrogens is 2. The van der Waals surface area contributed by atoms with E-state index < -0.39 is 0 Å². The molecule has 5 heteroatoms. The van der Waals surface area contributed by atoms with Crippen LogP contribution in [0.15, 0.2) is 73.3 Å². The van der Waals surface area contributed by atoms with Crippen LogP contribution in [0.25, 0.3) is 5.69 Å². The first kappa shape index (κ1) is 14.8. The molecule has 1 heterocycles. The Morgan fingerprint density at radius 2 is 1.87 bits per heavy atom. The summed E-state index contributed by atoms with van der Waals surface area (Å²) in [6, 6.07) is 17.2. The van der Waals surface area contributed by atoms with Gasteiger partial charge in [-0.05, 0) is 29.8 Å². The summed E-state index contributed by atoms with van der Waals surface area (Å²) in [6.45, 7) is 0.484. The molecule has 3 rings (SSSR count). The van der Waals surface area contributed by atoms with E-state index in [0.717, 1.165) is 11.3 Å². The third kappa shape index (κ3) is 4.20. The van der Waals surface area contributed by atoms with Crippen LogP contribution in [0.4, 0.5) is 0 Å². The lowest BCUT2D eigenvalue weighted by Gasteiger charge is -2.08. The Morgan fingerprint density at radius 3 is 2.57 bits per heavy atom. The predicted molar refractivity (Wildman–Crippen MR) is 87.3 cm³/mol. The number of nitrogens with zero attached hydrogens (tertiary/aromatic N) is 2. The largest absolute Gasteiger partial charge is 0.484 e. The summed E-state index contributed by atoms with van der Waals surface area (Å²) in [4.78, 5) is 15.8. The number of carbonyl (C=O) groups is 1. The van der Waals surface area contributed by atoms with E-state index >= 15 is 0 Å². The number of nitrogens with one attached hydrogen (secondary N) is 1. The van der Waals surface area contributed by atoms with Crippen LogP contribution < -0.4 is 10.1 Å². The summed E-state index contributed by atoms with van der Waals surface area (Å²) in [5.74, 6) is 0.542. The van der Waals surface area contributed by atoms with Gasteiger partial charge in [-0.3, -0.25) is 4.79 Å². The van der Waals surface area contributed by atoms with E-state index in [0.29, 0.717) is 12.3 Å². The van der Waals surface area contributed by atoms with Gasteiger partial charge in [0.05, 0.1) is 6.33 Å². The number of ether oxygens (including phenoxy) is 1. The number of para-hydroxylation sites is 1. The first-order valence-corrected chi connectivity index (χ1v) is 7.33. The molecule has 2 aromatic carbocycles. The first-order valence-electron chi connectivity index (χ1n) is 7.33. The molecule has 0 saturated heterocycles. The van der Waals surface area contributed by atoms with E-state index in [9.17, 15) is 4.79 Å². The smallest absolute Gasteiger partial charge is 0.258 e. The highest BCUT2D eigenvalue weighted by molar-refractivity contribution is 5.77. The van der Waals surface area contributed by atoms with Gasteiger partial charge in [-0.1, -0.05) is 30.3 Å². The van der Waals surface area contributed by atoms with Crippen molar-refractivity contribution in [2.45, 2.75) is 6.54 Å². The summed E-state index contributed by atoms with van der Waals surface area (Å²) in [7, 11) is 0. The van der Waals surface area contributed by atoms with Gasteiger partial charge in [0.2, 0.25) is 0 Å². The van der Waals surface area contributed by atoms with Gasteiger partial charge >= 0.3 is 0 Å². The normalized spacial score (nSPS) is 10.3. The standard InChI is InChI=1S/C18H17N3O2/c22-18(13-23-17-4-2-1-3-5-17)20-12-15-6-8-16(9-7-15)21-11-10-19-14-21/h1-11,14H,12-13H2,(H,20,22). The minimum atomic E-state index is -0.146. The van der Waals surface area contributed by atoms with Crippen LogP contribution in [0.3, 0.4) is 0 Å². The van der Waals surface area contributed by atoms with Crippen molar-refractivity contribution in [3.63, 3.8) is 0 Å². The number of benzene rings is 2. The predicted octanol–water partition coefficient (Wildman–Crippen LogP) is 2.57. The summed E-state index contributed by atoms with van der Waals surface area (Å²) in [6.07, 6.45) is 5.37. The quantitative estimate of drug-likeness (QED) is 0.761. The molecule has 0 unspecified atom stereocenters. The van der Waals surface area contributed by atoms with Crippen LogP contribution in [-0.2, 0) is 11.3 Å². The highest BCUT2D eigenvalue weighted by atomic mass is 16.5. The van der Waals surface area contributed by atoms with E-state index in [-0.39, 0.29) is 12.5 Å². The molecule has 0 saturated carbocycles. The van der Waals surface area contributed by atoms with E-state index in [1.807, 2.05) is 65.4 Å². The maximum atomic E-state index is 11.8. The third-order valence-corrected chi connectivity index (χ3v) is 3.34. The van der Waals surface area contributed by atoms with Crippen molar-refractivity contribution in [1.29, 1.82) is 0 Å². The summed E-state index contributed by atoms with van der Waals surface area (Å²) < 4.78 is 7.33. The van der Waals surface area contributed by atoms with Gasteiger partial charge in [0.1, 0.15) is 5.75 Å². The summed E-state index contributed by atoms with van der Waals surface area (Å²) >= 11 is 0. The van der Waals surface area contributed by atoms with Crippen molar-refractivity contribution < 1.29 is 9.53 Å². The zero-order chi connectivity index (χ0) is 15.9. The monoisotopic (exact) mass is 307 g/mol. The molecular weight excluding hydrogens is 290 g/mol. The highest BCUT2D eigenvalue weighted by Gasteiger charge is 2.03. The lowest BCUT2D eigenvalue weighted by molar-refractivity contribution is -0.123. The fourth-order valence-electron chi connectivity index (χ4n) is 2.12. The molecule has 0 aliphatic heterocycles. The molecule has 0 fully saturated rings. The van der Waals surface area contributed by atoms with Crippen molar-refractivity contribution in [3.05, 3.63) is 78.9 Å². The molecule has 23 heavy (non-hydrogen) atoms. The minimum Gasteiger partial charge on any atom is -0.484 e. The maximum absolute atomic E-state index is 11.8. The van der Waals surface area contributed by atoms with E-state index in [1.54, 1.807) is 12.5 Å². The highest BCUT2D eigenvalue weighted by Crippen LogP contribution is 2.09. The van der Waals surface area contributed by atoms with Gasteiger partial charge in [0.25, 0.3) is 5.91 Å². The lowest BCUT2D eigenvalue weighted by atomic mass is 10.2. The first-order chi connectivity index (χ1) is 11.3. The molecule has 0 radical (unpaired) electrons. The molecule has 3 aromatic rings. The zero-order valence-corrected chi connectivity index (χ0v) is 12.6. The van der Waals surface area contributed by atoms with Gasteiger partial charge in [-0.25, -0.2) is 4.98 Å². The molecule has 116 valence electrons. The Kier molecular flexibility index (Phi) is 4.69. The molecule has 0 aliphatic carbocycles. The van der Waals surface area contributed by atoms with Crippen LogP contribution in [-0.4, -0.2) is 22.1 Å². The average molecular weight is 307 g/mol. The topological polar surface area (TPSA) is 56.1 Å². The van der Waals surface area contributed by atoms with E-state index in [2.05, 4.69) is 10.3 Å². The second-order valence-electron chi connectivity index (χ2n) is 5.01. The van der Waals surface area contributed by atoms with Gasteiger partial charge in [-0.2, -0.15) is 0 Å². The molecule has 1 N–H and O–H groups in total. The Labute approximate surface area is 134 Å². The Hall–Kier alpha value is -3.08. The number of hydrogen-bond donors (Lipinski definition) is 1. The fourth-order valence-corrected chi connectivity index (χ4v) is 2.12. The number of imidazole rings is 1. The molecule has 0 aliphatic rings. The van der Waals surface area contributed by atoms with Gasteiger partial charge in [-0.15, -0.1) is 0 Å². The Morgan fingerprint density at radius 1 is 1.09 bits per heavy atom. The Balaban J connectivity index is 1.47. The van der Waals surface area contributed by atoms with Gasteiger partial charge in [0.15, 0.2) is 6.61 Å². The number of amides is 1. The minimum absolute atomic E-state index is 0.0110. The number of rotatable bonds is 6. The average Bonchev–Trinajstić information content (AvgIpc) is 3.14. The van der Waals surface area contributed by atoms with Crippen LogP contribution in [0.1, 0.15) is 5.56 Å². The van der Waals surface area contributed by atoms with E-state index in [4.69, 9.17) is 4.74 Å². The molecule has 5 nitrogen and oxygen atoms in total. The zero-order valence-electron chi connectivity index (χ0n) is 12.6. The Bertz CT molecular complexity index is 738. The van der Waals surface area contributed by atoms with Crippen molar-refractivity contribution in [2.24, 2.45) is 0 Å². The van der Waals surface area contributed by atoms with Crippen molar-refractivity contribution >= 4 is 5.91 Å².